The van der Waals surface area contributed by atoms with E-state index in [1.807, 2.05) is 25.1 Å². The number of halogens is 2. The molecule has 0 fully saturated rings. The van der Waals surface area contributed by atoms with Crippen LogP contribution in [0.25, 0.3) is 0 Å². The second-order valence-electron chi connectivity index (χ2n) is 6.79. The SMILES string of the molecule is C[C@@H]1Cc2cc(Br)ccc2N1C(=O)C[C@H](NS(C)(=O)=O)c1ccc(Cl)cc1. The fourth-order valence-corrected chi connectivity index (χ4v) is 4.70. The predicted molar refractivity (Wildman–Crippen MR) is 112 cm³/mol. The summed E-state index contributed by atoms with van der Waals surface area (Å²) >= 11 is 9.39. The van der Waals surface area contributed by atoms with E-state index in [0.717, 1.165) is 28.4 Å². The maximum atomic E-state index is 13.1. The number of rotatable bonds is 5. The third-order valence-corrected chi connectivity index (χ3v) is 5.99. The summed E-state index contributed by atoms with van der Waals surface area (Å²) in [5, 5.41) is 0.552. The van der Waals surface area contributed by atoms with Gasteiger partial charge in [0.25, 0.3) is 0 Å². The Balaban J connectivity index is 1.87. The first kappa shape index (κ1) is 20.3. The van der Waals surface area contributed by atoms with Gasteiger partial charge in [-0.1, -0.05) is 39.7 Å². The van der Waals surface area contributed by atoms with E-state index in [1.165, 1.54) is 0 Å². The largest absolute Gasteiger partial charge is 0.309 e. The zero-order chi connectivity index (χ0) is 19.8. The van der Waals surface area contributed by atoms with Gasteiger partial charge in [-0.2, -0.15) is 0 Å². The molecule has 8 heteroatoms. The number of benzene rings is 2. The lowest BCUT2D eigenvalue weighted by Crippen LogP contribution is -2.39. The van der Waals surface area contributed by atoms with Crippen molar-refractivity contribution >= 4 is 49.1 Å². The van der Waals surface area contributed by atoms with E-state index < -0.39 is 16.1 Å². The maximum absolute atomic E-state index is 13.1. The Morgan fingerprint density at radius 1 is 1.30 bits per heavy atom. The highest BCUT2D eigenvalue weighted by atomic mass is 79.9. The summed E-state index contributed by atoms with van der Waals surface area (Å²) in [5.74, 6) is -0.125. The Hall–Kier alpha value is -1.41. The fourth-order valence-electron chi connectivity index (χ4n) is 3.43. The topological polar surface area (TPSA) is 66.5 Å². The zero-order valence-electron chi connectivity index (χ0n) is 14.9. The normalized spacial score (nSPS) is 17.6. The Morgan fingerprint density at radius 2 is 1.96 bits per heavy atom. The molecular weight excluding hydrogens is 452 g/mol. The summed E-state index contributed by atoms with van der Waals surface area (Å²) in [6.07, 6.45) is 1.88. The van der Waals surface area contributed by atoms with Crippen molar-refractivity contribution in [3.63, 3.8) is 0 Å². The molecule has 1 aliphatic rings. The average Bonchev–Trinajstić information content (AvgIpc) is 2.88. The van der Waals surface area contributed by atoms with Crippen LogP contribution in [0, 0.1) is 0 Å². The molecule has 0 spiro atoms. The van der Waals surface area contributed by atoms with Gasteiger partial charge in [0.15, 0.2) is 0 Å². The molecule has 3 rings (SSSR count). The number of carbonyl (C=O) groups excluding carboxylic acids is 1. The standard InChI is InChI=1S/C19H20BrClN2O3S/c1-12-9-14-10-15(20)5-8-18(14)23(12)19(24)11-17(22-27(2,25)26)13-3-6-16(21)7-4-13/h3-8,10,12,17,22H,9,11H2,1-2H3/t12-,17+/m1/s1. The molecule has 27 heavy (non-hydrogen) atoms. The quantitative estimate of drug-likeness (QED) is 0.715. The van der Waals surface area contributed by atoms with Crippen LogP contribution in [0.1, 0.15) is 30.5 Å². The molecule has 0 unspecified atom stereocenters. The van der Waals surface area contributed by atoms with Crippen LogP contribution in [-0.4, -0.2) is 26.6 Å². The van der Waals surface area contributed by atoms with Crippen molar-refractivity contribution < 1.29 is 13.2 Å². The molecule has 2 aromatic rings. The van der Waals surface area contributed by atoms with Crippen molar-refractivity contribution in [1.29, 1.82) is 0 Å². The highest BCUT2D eigenvalue weighted by Crippen LogP contribution is 2.35. The Morgan fingerprint density at radius 3 is 2.59 bits per heavy atom. The highest BCUT2D eigenvalue weighted by Gasteiger charge is 2.32. The summed E-state index contributed by atoms with van der Waals surface area (Å²) in [6.45, 7) is 1.99. The van der Waals surface area contributed by atoms with Crippen LogP contribution in [0.5, 0.6) is 0 Å². The number of carbonyl (C=O) groups is 1. The smallest absolute Gasteiger partial charge is 0.229 e. The van der Waals surface area contributed by atoms with Gasteiger partial charge in [-0.3, -0.25) is 4.79 Å². The van der Waals surface area contributed by atoms with Gasteiger partial charge >= 0.3 is 0 Å². The molecule has 144 valence electrons. The summed E-state index contributed by atoms with van der Waals surface area (Å²) in [5.41, 5.74) is 2.68. The lowest BCUT2D eigenvalue weighted by molar-refractivity contribution is -0.119. The Bertz CT molecular complexity index is 963. The van der Waals surface area contributed by atoms with Gasteiger partial charge in [-0.15, -0.1) is 0 Å². The number of hydrogen-bond acceptors (Lipinski definition) is 3. The lowest BCUT2D eigenvalue weighted by Gasteiger charge is -2.26. The Labute approximate surface area is 172 Å². The van der Waals surface area contributed by atoms with Crippen LogP contribution in [0.2, 0.25) is 5.02 Å². The molecule has 2 atom stereocenters. The monoisotopic (exact) mass is 470 g/mol. The van der Waals surface area contributed by atoms with E-state index in [2.05, 4.69) is 20.7 Å². The molecular formula is C19H20BrClN2O3S. The second kappa shape index (κ2) is 7.91. The first-order valence-corrected chi connectivity index (χ1v) is 11.5. The number of amides is 1. The molecule has 5 nitrogen and oxygen atoms in total. The zero-order valence-corrected chi connectivity index (χ0v) is 18.1. The number of sulfonamides is 1. The summed E-state index contributed by atoms with van der Waals surface area (Å²) in [7, 11) is -3.49. The van der Waals surface area contributed by atoms with Crippen molar-refractivity contribution in [2.24, 2.45) is 0 Å². The van der Waals surface area contributed by atoms with E-state index in [4.69, 9.17) is 11.6 Å². The van der Waals surface area contributed by atoms with Crippen LogP contribution < -0.4 is 9.62 Å². The number of anilines is 1. The summed E-state index contributed by atoms with van der Waals surface area (Å²) < 4.78 is 27.2. The van der Waals surface area contributed by atoms with Crippen molar-refractivity contribution in [3.05, 3.63) is 63.1 Å². The first-order valence-electron chi connectivity index (χ1n) is 8.47. The number of hydrogen-bond donors (Lipinski definition) is 1. The molecule has 0 saturated carbocycles. The third-order valence-electron chi connectivity index (χ3n) is 4.53. The molecule has 0 radical (unpaired) electrons. The van der Waals surface area contributed by atoms with E-state index >= 15 is 0 Å². The first-order chi connectivity index (χ1) is 12.6. The van der Waals surface area contributed by atoms with Gasteiger partial charge in [0.05, 0.1) is 12.3 Å². The number of fused-ring (bicyclic) bond motifs is 1. The van der Waals surface area contributed by atoms with Crippen LogP contribution in [0.15, 0.2) is 46.9 Å². The van der Waals surface area contributed by atoms with Gasteiger partial charge in [-0.25, -0.2) is 13.1 Å². The van der Waals surface area contributed by atoms with E-state index in [-0.39, 0.29) is 18.4 Å². The number of nitrogens with one attached hydrogen (secondary N) is 1. The van der Waals surface area contributed by atoms with Gasteiger partial charge in [0, 0.05) is 27.6 Å². The van der Waals surface area contributed by atoms with Crippen molar-refractivity contribution in [2.45, 2.75) is 31.8 Å². The van der Waals surface area contributed by atoms with Crippen molar-refractivity contribution in [1.82, 2.24) is 4.72 Å². The lowest BCUT2D eigenvalue weighted by atomic mass is 10.0. The fraction of sp³-hybridized carbons (Fsp3) is 0.316. The van der Waals surface area contributed by atoms with Gasteiger partial charge in [-0.05, 0) is 54.8 Å². The minimum atomic E-state index is -3.49. The molecule has 0 aromatic heterocycles. The van der Waals surface area contributed by atoms with E-state index in [0.29, 0.717) is 10.6 Å². The molecule has 1 heterocycles. The third kappa shape index (κ3) is 4.90. The molecule has 1 N–H and O–H groups in total. The predicted octanol–water partition coefficient (Wildman–Crippen LogP) is 4.06. The molecule has 0 saturated heterocycles. The summed E-state index contributed by atoms with van der Waals surface area (Å²) in [6, 6.07) is 12.0. The molecule has 1 amide bonds. The van der Waals surface area contributed by atoms with Crippen LogP contribution in [0.4, 0.5) is 5.69 Å². The molecule has 0 bridgehead atoms. The maximum Gasteiger partial charge on any atom is 0.229 e. The molecule has 2 aromatic carbocycles. The van der Waals surface area contributed by atoms with Gasteiger partial charge in [0.2, 0.25) is 15.9 Å². The Kier molecular flexibility index (Phi) is 5.96. The van der Waals surface area contributed by atoms with Crippen LogP contribution in [-0.2, 0) is 21.2 Å². The van der Waals surface area contributed by atoms with Crippen molar-refractivity contribution in [2.75, 3.05) is 11.2 Å². The number of nitrogens with zero attached hydrogens (tertiary/aromatic N) is 1. The minimum Gasteiger partial charge on any atom is -0.309 e. The second-order valence-corrected chi connectivity index (χ2v) is 9.92. The van der Waals surface area contributed by atoms with Crippen LogP contribution in [0.3, 0.4) is 0 Å². The molecule has 0 aliphatic carbocycles. The van der Waals surface area contributed by atoms with E-state index in [1.54, 1.807) is 29.2 Å². The highest BCUT2D eigenvalue weighted by molar-refractivity contribution is 9.10. The van der Waals surface area contributed by atoms with Crippen LogP contribution >= 0.6 is 27.5 Å². The average molecular weight is 472 g/mol. The summed E-state index contributed by atoms with van der Waals surface area (Å²) in [4.78, 5) is 14.9. The molecule has 1 aliphatic heterocycles. The minimum absolute atomic E-state index is 0.0194. The van der Waals surface area contributed by atoms with Crippen molar-refractivity contribution in [3.8, 4) is 0 Å². The van der Waals surface area contributed by atoms with E-state index in [9.17, 15) is 13.2 Å². The van der Waals surface area contributed by atoms with Gasteiger partial charge in [0.1, 0.15) is 0 Å². The van der Waals surface area contributed by atoms with Gasteiger partial charge < -0.3 is 4.90 Å².